The zero-order chi connectivity index (χ0) is 15.0. The summed E-state index contributed by atoms with van der Waals surface area (Å²) in [5.74, 6) is -0.885. The van der Waals surface area contributed by atoms with Crippen molar-refractivity contribution in [1.82, 2.24) is 24.9 Å². The minimum Gasteiger partial charge on any atom is -0.506 e. The zero-order valence-electron chi connectivity index (χ0n) is 11.5. The van der Waals surface area contributed by atoms with Gasteiger partial charge in [-0.05, 0) is 19.1 Å². The Labute approximate surface area is 120 Å². The number of hydrogen-bond acceptors (Lipinski definition) is 6. The van der Waals surface area contributed by atoms with Crippen molar-refractivity contribution in [2.45, 2.75) is 19.5 Å². The second-order valence-electron chi connectivity index (χ2n) is 5.16. The summed E-state index contributed by atoms with van der Waals surface area (Å²) in [5, 5.41) is 26.0. The van der Waals surface area contributed by atoms with Gasteiger partial charge in [-0.3, -0.25) is 9.88 Å². The van der Waals surface area contributed by atoms with E-state index in [0.717, 1.165) is 18.8 Å². The Balaban J connectivity index is 1.60. The van der Waals surface area contributed by atoms with Crippen molar-refractivity contribution in [3.8, 4) is 5.75 Å². The molecule has 2 aromatic heterocycles. The van der Waals surface area contributed by atoms with Crippen molar-refractivity contribution >= 4 is 5.97 Å². The number of likely N-dealkylation sites (tertiary alicyclic amines) is 1. The molecule has 0 amide bonds. The molecular formula is C13H15N5O3. The third-order valence-corrected chi connectivity index (χ3v) is 3.50. The van der Waals surface area contributed by atoms with E-state index >= 15 is 0 Å². The number of pyridine rings is 1. The van der Waals surface area contributed by atoms with Crippen LogP contribution >= 0.6 is 0 Å². The predicted molar refractivity (Wildman–Crippen MR) is 71.9 cm³/mol. The molecule has 0 atom stereocenters. The molecule has 1 aliphatic rings. The molecule has 0 aromatic carbocycles. The lowest BCUT2D eigenvalue weighted by Gasteiger charge is -2.38. The number of aryl methyl sites for hydroxylation is 1. The van der Waals surface area contributed by atoms with Gasteiger partial charge in [-0.15, -0.1) is 5.10 Å². The summed E-state index contributed by atoms with van der Waals surface area (Å²) in [6.07, 6.45) is 1.44. The smallest absolute Gasteiger partial charge is 0.358 e. The van der Waals surface area contributed by atoms with Gasteiger partial charge >= 0.3 is 5.97 Å². The van der Waals surface area contributed by atoms with Gasteiger partial charge < -0.3 is 10.2 Å². The quantitative estimate of drug-likeness (QED) is 0.841. The van der Waals surface area contributed by atoms with Gasteiger partial charge in [0.15, 0.2) is 5.69 Å². The summed E-state index contributed by atoms with van der Waals surface area (Å²) in [5.41, 5.74) is 1.46. The number of hydrogen-bond donors (Lipinski definition) is 2. The third kappa shape index (κ3) is 2.70. The average Bonchev–Trinajstić information content (AvgIpc) is 2.86. The Morgan fingerprint density at radius 3 is 2.86 bits per heavy atom. The minimum absolute atomic E-state index is 0.0496. The molecule has 0 spiro atoms. The lowest BCUT2D eigenvalue weighted by molar-refractivity contribution is 0.0689. The number of nitrogens with zero attached hydrogens (tertiary/aromatic N) is 5. The topological polar surface area (TPSA) is 104 Å². The van der Waals surface area contributed by atoms with Crippen LogP contribution in [-0.2, 0) is 6.54 Å². The van der Waals surface area contributed by atoms with Gasteiger partial charge in [-0.25, -0.2) is 9.48 Å². The first kappa shape index (κ1) is 13.5. The normalized spacial score (nSPS) is 15.9. The van der Waals surface area contributed by atoms with Gasteiger partial charge in [0.2, 0.25) is 0 Å². The highest BCUT2D eigenvalue weighted by atomic mass is 16.4. The monoisotopic (exact) mass is 289 g/mol. The fraction of sp³-hybridized carbons (Fsp3) is 0.385. The lowest BCUT2D eigenvalue weighted by Crippen LogP contribution is -2.47. The fourth-order valence-corrected chi connectivity index (χ4v) is 2.32. The second kappa shape index (κ2) is 5.13. The van der Waals surface area contributed by atoms with Crippen LogP contribution in [-0.4, -0.2) is 54.1 Å². The molecule has 110 valence electrons. The van der Waals surface area contributed by atoms with Crippen LogP contribution in [0.1, 0.15) is 27.9 Å². The number of carboxylic acids is 1. The van der Waals surface area contributed by atoms with Gasteiger partial charge in [0.1, 0.15) is 5.75 Å². The summed E-state index contributed by atoms with van der Waals surface area (Å²) in [7, 11) is 0. The van der Waals surface area contributed by atoms with E-state index in [1.165, 1.54) is 6.20 Å². The number of aromatic nitrogens is 4. The number of aromatic hydroxyl groups is 1. The summed E-state index contributed by atoms with van der Waals surface area (Å²) in [4.78, 5) is 17.2. The van der Waals surface area contributed by atoms with Crippen molar-refractivity contribution in [2.24, 2.45) is 0 Å². The summed E-state index contributed by atoms with van der Waals surface area (Å²) in [6, 6.07) is 3.52. The average molecular weight is 289 g/mol. The predicted octanol–water partition coefficient (Wildman–Crippen LogP) is 0.442. The molecule has 0 aliphatic carbocycles. The molecule has 2 aromatic rings. The van der Waals surface area contributed by atoms with Crippen molar-refractivity contribution in [1.29, 1.82) is 0 Å². The van der Waals surface area contributed by atoms with Crippen molar-refractivity contribution in [3.63, 3.8) is 0 Å². The number of aromatic carboxylic acids is 1. The first-order chi connectivity index (χ1) is 10.0. The molecule has 0 radical (unpaired) electrons. The highest BCUT2D eigenvalue weighted by Gasteiger charge is 2.30. The van der Waals surface area contributed by atoms with Crippen LogP contribution in [0.5, 0.6) is 5.75 Å². The van der Waals surface area contributed by atoms with Crippen molar-refractivity contribution < 1.29 is 15.0 Å². The van der Waals surface area contributed by atoms with Crippen LogP contribution in [0, 0.1) is 6.92 Å². The third-order valence-electron chi connectivity index (χ3n) is 3.50. The Hall–Kier alpha value is -2.48. The summed E-state index contributed by atoms with van der Waals surface area (Å²) in [6.45, 7) is 3.88. The van der Waals surface area contributed by atoms with Crippen LogP contribution < -0.4 is 0 Å². The van der Waals surface area contributed by atoms with Crippen molar-refractivity contribution in [2.75, 3.05) is 13.1 Å². The zero-order valence-corrected chi connectivity index (χ0v) is 11.5. The molecule has 3 heterocycles. The molecule has 8 nitrogen and oxygen atoms in total. The first-order valence-electron chi connectivity index (χ1n) is 6.56. The van der Waals surface area contributed by atoms with Crippen molar-refractivity contribution in [3.05, 3.63) is 35.4 Å². The summed E-state index contributed by atoms with van der Waals surface area (Å²) >= 11 is 0. The molecule has 3 rings (SSSR count). The Bertz CT molecular complexity index is 678. The molecular weight excluding hydrogens is 274 g/mol. The van der Waals surface area contributed by atoms with E-state index in [1.54, 1.807) is 16.8 Å². The molecule has 8 heteroatoms. The number of rotatable bonds is 4. The number of carbonyl (C=O) groups is 1. The highest BCUT2D eigenvalue weighted by molar-refractivity contribution is 5.84. The minimum atomic E-state index is -1.08. The van der Waals surface area contributed by atoms with E-state index in [4.69, 9.17) is 5.11 Å². The van der Waals surface area contributed by atoms with Crippen LogP contribution in [0.2, 0.25) is 0 Å². The lowest BCUT2D eigenvalue weighted by atomic mass is 10.1. The SMILES string of the molecule is Cc1ccc(O)c(CN2CC(n3cc(C(=O)O)nn3)C2)n1. The molecule has 1 fully saturated rings. The Morgan fingerprint density at radius 2 is 2.19 bits per heavy atom. The van der Waals surface area contributed by atoms with E-state index in [1.807, 2.05) is 6.92 Å². The van der Waals surface area contributed by atoms with Crippen LogP contribution in [0.4, 0.5) is 0 Å². The van der Waals surface area contributed by atoms with E-state index in [2.05, 4.69) is 20.2 Å². The molecule has 2 N–H and O–H groups in total. The second-order valence-corrected chi connectivity index (χ2v) is 5.16. The highest BCUT2D eigenvalue weighted by Crippen LogP contribution is 2.25. The Morgan fingerprint density at radius 1 is 1.43 bits per heavy atom. The van der Waals surface area contributed by atoms with Gasteiger partial charge in [0.05, 0.1) is 17.9 Å². The molecule has 21 heavy (non-hydrogen) atoms. The van der Waals surface area contributed by atoms with Gasteiger partial charge in [-0.1, -0.05) is 5.21 Å². The number of carboxylic acid groups (broad SMARTS) is 1. The first-order valence-corrected chi connectivity index (χ1v) is 6.56. The van der Waals surface area contributed by atoms with E-state index in [9.17, 15) is 9.90 Å². The fourth-order valence-electron chi connectivity index (χ4n) is 2.32. The van der Waals surface area contributed by atoms with Crippen LogP contribution in [0.3, 0.4) is 0 Å². The maximum absolute atomic E-state index is 10.8. The van der Waals surface area contributed by atoms with Crippen LogP contribution in [0.15, 0.2) is 18.3 Å². The van der Waals surface area contributed by atoms with Crippen LogP contribution in [0.25, 0.3) is 0 Å². The van der Waals surface area contributed by atoms with Gasteiger partial charge in [-0.2, -0.15) is 0 Å². The molecule has 1 saturated heterocycles. The molecule has 0 unspecified atom stereocenters. The van der Waals surface area contributed by atoms with E-state index in [0.29, 0.717) is 12.2 Å². The van der Waals surface area contributed by atoms with Gasteiger partial charge in [0, 0.05) is 25.3 Å². The molecule has 0 bridgehead atoms. The Kier molecular flexibility index (Phi) is 3.30. The van der Waals surface area contributed by atoms with Gasteiger partial charge in [0.25, 0.3) is 0 Å². The largest absolute Gasteiger partial charge is 0.506 e. The molecule has 0 saturated carbocycles. The summed E-state index contributed by atoms with van der Waals surface area (Å²) < 4.78 is 1.57. The molecule has 1 aliphatic heterocycles. The van der Waals surface area contributed by atoms with E-state index < -0.39 is 5.97 Å². The standard InChI is InChI=1S/C13H15N5O3/c1-8-2-3-12(19)10(14-8)6-17-4-9(5-17)18-7-11(13(20)21)15-16-18/h2-3,7,9,19H,4-6H2,1H3,(H,20,21). The maximum atomic E-state index is 10.8. The van der Waals surface area contributed by atoms with E-state index in [-0.39, 0.29) is 17.5 Å². The maximum Gasteiger partial charge on any atom is 0.358 e.